The summed E-state index contributed by atoms with van der Waals surface area (Å²) in [7, 11) is 0. The van der Waals surface area contributed by atoms with E-state index in [1.165, 1.54) is 11.8 Å². The monoisotopic (exact) mass is 351 g/mol. The minimum Gasteiger partial charge on any atom is -0.370 e. The number of thiazole rings is 1. The molecule has 9 heteroatoms. The van der Waals surface area contributed by atoms with Gasteiger partial charge in [0.05, 0.1) is 36.4 Å². The summed E-state index contributed by atoms with van der Waals surface area (Å²) in [6.07, 6.45) is 2.71. The Labute approximate surface area is 142 Å². The molecule has 0 spiro atoms. The maximum absolute atomic E-state index is 12.5. The average molecular weight is 351 g/mol. The second kappa shape index (κ2) is 6.21. The van der Waals surface area contributed by atoms with Crippen molar-refractivity contribution in [3.63, 3.8) is 0 Å². The van der Waals surface area contributed by atoms with Crippen LogP contribution in [0.25, 0.3) is 0 Å². The minimum atomic E-state index is 0.0751. The van der Waals surface area contributed by atoms with Crippen LogP contribution in [-0.4, -0.2) is 55.7 Å². The third-order valence-corrected chi connectivity index (χ3v) is 6.32. The molecule has 0 bridgehead atoms. The number of hydrogen-bond donors (Lipinski definition) is 0. The molecular formula is C14H17N5O2S2. The van der Waals surface area contributed by atoms with Gasteiger partial charge >= 0.3 is 0 Å². The first kappa shape index (κ1) is 15.1. The summed E-state index contributed by atoms with van der Waals surface area (Å²) in [5.41, 5.74) is 1.98. The number of aryl methyl sites for hydroxylation is 1. The standard InChI is InChI=1S/C14H17N5O2S2/c1-9-7-22-14(16-9)23-8-13(20)18-3-2-12-11(5-18)19-10(6-21-12)4-15-17-19/h4,7,11-12H,2-3,5-6,8H2,1H3/t11-,12-/m1/s1. The summed E-state index contributed by atoms with van der Waals surface area (Å²) in [6, 6.07) is 0.0751. The van der Waals surface area contributed by atoms with Gasteiger partial charge in [0.15, 0.2) is 4.34 Å². The van der Waals surface area contributed by atoms with Gasteiger partial charge in [-0.3, -0.25) is 4.79 Å². The molecule has 1 fully saturated rings. The number of nitrogens with zero attached hydrogens (tertiary/aromatic N) is 5. The molecule has 2 aliphatic heterocycles. The summed E-state index contributed by atoms with van der Waals surface area (Å²) in [5, 5.41) is 10.1. The quantitative estimate of drug-likeness (QED) is 0.781. The Morgan fingerprint density at radius 2 is 2.48 bits per heavy atom. The van der Waals surface area contributed by atoms with Crippen LogP contribution >= 0.6 is 23.1 Å². The van der Waals surface area contributed by atoms with Gasteiger partial charge in [0.2, 0.25) is 5.91 Å². The van der Waals surface area contributed by atoms with Crippen molar-refractivity contribution in [2.24, 2.45) is 0 Å². The van der Waals surface area contributed by atoms with E-state index in [4.69, 9.17) is 4.74 Å². The average Bonchev–Trinajstić information content (AvgIpc) is 3.20. The number of carbonyl (C=O) groups is 1. The first-order valence-electron chi connectivity index (χ1n) is 7.54. The molecule has 2 atom stereocenters. The predicted molar refractivity (Wildman–Crippen MR) is 86.4 cm³/mol. The van der Waals surface area contributed by atoms with Gasteiger partial charge in [-0.25, -0.2) is 9.67 Å². The lowest BCUT2D eigenvalue weighted by molar-refractivity contribution is -0.135. The van der Waals surface area contributed by atoms with Crippen molar-refractivity contribution in [2.45, 2.75) is 36.4 Å². The molecule has 2 aliphatic rings. The van der Waals surface area contributed by atoms with E-state index in [1.54, 1.807) is 17.5 Å². The Kier molecular flexibility index (Phi) is 4.08. The molecule has 0 N–H and O–H groups in total. The number of fused-ring (bicyclic) bond motifs is 3. The second-order valence-electron chi connectivity index (χ2n) is 5.76. The van der Waals surface area contributed by atoms with E-state index in [-0.39, 0.29) is 18.1 Å². The summed E-state index contributed by atoms with van der Waals surface area (Å²) in [4.78, 5) is 18.8. The smallest absolute Gasteiger partial charge is 0.233 e. The SMILES string of the molecule is Cc1csc(SCC(=O)N2CC[C@H]3OCc4cnnn4[C@@H]3C2)n1. The van der Waals surface area contributed by atoms with E-state index >= 15 is 0 Å². The van der Waals surface area contributed by atoms with Crippen molar-refractivity contribution < 1.29 is 9.53 Å². The lowest BCUT2D eigenvalue weighted by Gasteiger charge is -2.40. The van der Waals surface area contributed by atoms with Crippen molar-refractivity contribution in [1.82, 2.24) is 24.9 Å². The highest BCUT2D eigenvalue weighted by Gasteiger charge is 2.37. The highest BCUT2D eigenvalue weighted by atomic mass is 32.2. The van der Waals surface area contributed by atoms with Crippen LogP contribution in [-0.2, 0) is 16.1 Å². The molecule has 23 heavy (non-hydrogen) atoms. The van der Waals surface area contributed by atoms with Gasteiger partial charge in [-0.2, -0.15) is 0 Å². The number of carbonyl (C=O) groups excluding carboxylic acids is 1. The lowest BCUT2D eigenvalue weighted by atomic mass is 10.0. The molecule has 2 aromatic rings. The summed E-state index contributed by atoms with van der Waals surface area (Å²) in [5.74, 6) is 0.573. The first-order chi connectivity index (χ1) is 11.2. The van der Waals surface area contributed by atoms with E-state index in [0.717, 1.165) is 28.7 Å². The van der Waals surface area contributed by atoms with Crippen LogP contribution in [0.1, 0.15) is 23.9 Å². The van der Waals surface area contributed by atoms with E-state index in [1.807, 2.05) is 21.9 Å². The Hall–Kier alpha value is -1.45. The molecule has 0 aliphatic carbocycles. The summed E-state index contributed by atoms with van der Waals surface area (Å²) in [6.45, 7) is 3.89. The van der Waals surface area contributed by atoms with Gasteiger partial charge in [0, 0.05) is 24.2 Å². The number of likely N-dealkylation sites (tertiary alicyclic amines) is 1. The third-order valence-electron chi connectivity index (χ3n) is 4.20. The zero-order valence-electron chi connectivity index (χ0n) is 12.7. The Bertz CT molecular complexity index is 716. The molecular weight excluding hydrogens is 334 g/mol. The lowest BCUT2D eigenvalue weighted by Crippen LogP contribution is -2.50. The van der Waals surface area contributed by atoms with Crippen LogP contribution in [0, 0.1) is 6.92 Å². The van der Waals surface area contributed by atoms with Crippen molar-refractivity contribution >= 4 is 29.0 Å². The normalized spacial score (nSPS) is 23.4. The summed E-state index contributed by atoms with van der Waals surface area (Å²) < 4.78 is 8.75. The zero-order chi connectivity index (χ0) is 15.8. The van der Waals surface area contributed by atoms with E-state index in [2.05, 4.69) is 15.3 Å². The molecule has 4 rings (SSSR count). The Morgan fingerprint density at radius 3 is 3.30 bits per heavy atom. The van der Waals surface area contributed by atoms with Crippen LogP contribution in [0.5, 0.6) is 0 Å². The molecule has 0 radical (unpaired) electrons. The first-order valence-corrected chi connectivity index (χ1v) is 9.40. The van der Waals surface area contributed by atoms with E-state index in [0.29, 0.717) is 18.9 Å². The van der Waals surface area contributed by atoms with Gasteiger partial charge in [-0.05, 0) is 13.3 Å². The molecule has 0 saturated carbocycles. The topological polar surface area (TPSA) is 73.1 Å². The highest BCUT2D eigenvalue weighted by molar-refractivity contribution is 8.01. The van der Waals surface area contributed by atoms with Gasteiger partial charge in [-0.15, -0.1) is 16.4 Å². The largest absolute Gasteiger partial charge is 0.370 e. The zero-order valence-corrected chi connectivity index (χ0v) is 14.3. The van der Waals surface area contributed by atoms with Crippen molar-refractivity contribution in [3.05, 3.63) is 23.0 Å². The predicted octanol–water partition coefficient (Wildman–Crippen LogP) is 1.51. The van der Waals surface area contributed by atoms with Gasteiger partial charge < -0.3 is 9.64 Å². The molecule has 122 valence electrons. The molecule has 0 unspecified atom stereocenters. The van der Waals surface area contributed by atoms with Crippen LogP contribution < -0.4 is 0 Å². The molecule has 7 nitrogen and oxygen atoms in total. The maximum atomic E-state index is 12.5. The molecule has 4 heterocycles. The van der Waals surface area contributed by atoms with Crippen LogP contribution in [0.2, 0.25) is 0 Å². The number of rotatable bonds is 3. The Morgan fingerprint density at radius 1 is 1.57 bits per heavy atom. The number of ether oxygens (including phenoxy) is 1. The maximum Gasteiger partial charge on any atom is 0.233 e. The van der Waals surface area contributed by atoms with Crippen LogP contribution in [0.3, 0.4) is 0 Å². The van der Waals surface area contributed by atoms with Gasteiger partial charge in [0.1, 0.15) is 0 Å². The van der Waals surface area contributed by atoms with Crippen LogP contribution in [0.4, 0.5) is 0 Å². The third kappa shape index (κ3) is 3.00. The highest BCUT2D eigenvalue weighted by Crippen LogP contribution is 2.30. The van der Waals surface area contributed by atoms with Crippen LogP contribution in [0.15, 0.2) is 15.9 Å². The number of hydrogen-bond acceptors (Lipinski definition) is 7. The molecule has 0 aromatic carbocycles. The fourth-order valence-corrected chi connectivity index (χ4v) is 4.77. The number of thioether (sulfide) groups is 1. The minimum absolute atomic E-state index is 0.0751. The molecule has 1 saturated heterocycles. The fraction of sp³-hybridized carbons (Fsp3) is 0.571. The van der Waals surface area contributed by atoms with Gasteiger partial charge in [-0.1, -0.05) is 17.0 Å². The number of piperidine rings is 1. The molecule has 2 aromatic heterocycles. The summed E-state index contributed by atoms with van der Waals surface area (Å²) >= 11 is 3.10. The van der Waals surface area contributed by atoms with Crippen molar-refractivity contribution in [2.75, 3.05) is 18.8 Å². The van der Waals surface area contributed by atoms with Gasteiger partial charge in [0.25, 0.3) is 0 Å². The molecule has 1 amide bonds. The fourth-order valence-electron chi connectivity index (χ4n) is 3.02. The van der Waals surface area contributed by atoms with Crippen molar-refractivity contribution in [1.29, 1.82) is 0 Å². The van der Waals surface area contributed by atoms with E-state index in [9.17, 15) is 4.79 Å². The Balaban J connectivity index is 1.40. The number of aromatic nitrogens is 4. The second-order valence-corrected chi connectivity index (χ2v) is 7.84. The number of amides is 1. The van der Waals surface area contributed by atoms with Crippen molar-refractivity contribution in [3.8, 4) is 0 Å². The van der Waals surface area contributed by atoms with E-state index < -0.39 is 0 Å².